The van der Waals surface area contributed by atoms with E-state index in [1.54, 1.807) is 0 Å². The fourth-order valence-electron chi connectivity index (χ4n) is 1.45. The molecule has 0 aromatic heterocycles. The molecule has 0 amide bonds. The molecule has 1 aromatic rings. The van der Waals surface area contributed by atoms with Crippen LogP contribution in [0.25, 0.3) is 10.4 Å². The van der Waals surface area contributed by atoms with Gasteiger partial charge in [0.1, 0.15) is 0 Å². The van der Waals surface area contributed by atoms with Crippen molar-refractivity contribution >= 4 is 0 Å². The van der Waals surface area contributed by atoms with Crippen LogP contribution in [0.2, 0.25) is 0 Å². The van der Waals surface area contributed by atoms with Crippen molar-refractivity contribution in [2.75, 3.05) is 6.61 Å². The van der Waals surface area contributed by atoms with Crippen molar-refractivity contribution in [2.24, 2.45) is 5.11 Å². The standard InChI is InChI=1S/C10H11N3O/c11-13-12-9(10-7-14-10)6-8-4-2-1-3-5-8/h1-5,9-10H,6-7H2/t9?,10-/m1/s1. The van der Waals surface area contributed by atoms with Gasteiger partial charge in [-0.05, 0) is 17.5 Å². The van der Waals surface area contributed by atoms with Gasteiger partial charge in [-0.1, -0.05) is 35.4 Å². The fourth-order valence-corrected chi connectivity index (χ4v) is 1.45. The van der Waals surface area contributed by atoms with Crippen molar-refractivity contribution in [2.45, 2.75) is 18.6 Å². The van der Waals surface area contributed by atoms with Crippen molar-refractivity contribution in [3.8, 4) is 0 Å². The Bertz CT molecular complexity index is 342. The van der Waals surface area contributed by atoms with Crippen molar-refractivity contribution in [3.63, 3.8) is 0 Å². The molecular weight excluding hydrogens is 178 g/mol. The van der Waals surface area contributed by atoms with E-state index in [-0.39, 0.29) is 12.1 Å². The summed E-state index contributed by atoms with van der Waals surface area (Å²) >= 11 is 0. The molecule has 4 nitrogen and oxygen atoms in total. The minimum atomic E-state index is -0.0533. The molecule has 1 fully saturated rings. The lowest BCUT2D eigenvalue weighted by Crippen LogP contribution is -2.15. The average molecular weight is 189 g/mol. The van der Waals surface area contributed by atoms with E-state index in [1.807, 2.05) is 30.3 Å². The molecule has 72 valence electrons. The highest BCUT2D eigenvalue weighted by Gasteiger charge is 2.31. The largest absolute Gasteiger partial charge is 0.373 e. The Morgan fingerprint density at radius 2 is 2.21 bits per heavy atom. The Balaban J connectivity index is 2.03. The quantitative estimate of drug-likeness (QED) is 0.310. The lowest BCUT2D eigenvalue weighted by Gasteiger charge is -2.06. The summed E-state index contributed by atoms with van der Waals surface area (Å²) in [6.07, 6.45) is 0.890. The van der Waals surface area contributed by atoms with E-state index in [0.717, 1.165) is 13.0 Å². The minimum absolute atomic E-state index is 0.0533. The summed E-state index contributed by atoms with van der Waals surface area (Å²) in [6.45, 7) is 0.719. The van der Waals surface area contributed by atoms with Crippen LogP contribution in [0.4, 0.5) is 0 Å². The third-order valence-corrected chi connectivity index (χ3v) is 2.28. The van der Waals surface area contributed by atoms with Crippen LogP contribution in [0.5, 0.6) is 0 Å². The van der Waals surface area contributed by atoms with Crippen LogP contribution in [0.15, 0.2) is 35.4 Å². The van der Waals surface area contributed by atoms with Gasteiger partial charge in [0.15, 0.2) is 0 Å². The van der Waals surface area contributed by atoms with Crippen LogP contribution < -0.4 is 0 Å². The van der Waals surface area contributed by atoms with E-state index < -0.39 is 0 Å². The molecule has 1 aliphatic rings. The first-order valence-electron chi connectivity index (χ1n) is 4.60. The summed E-state index contributed by atoms with van der Waals surface area (Å²) in [5, 5.41) is 3.74. The van der Waals surface area contributed by atoms with Gasteiger partial charge in [0, 0.05) is 4.91 Å². The zero-order chi connectivity index (χ0) is 9.80. The second kappa shape index (κ2) is 4.13. The molecule has 0 spiro atoms. The number of hydrogen-bond acceptors (Lipinski definition) is 2. The Labute approximate surface area is 82.1 Å². The molecule has 0 bridgehead atoms. The van der Waals surface area contributed by atoms with Crippen molar-refractivity contribution in [3.05, 3.63) is 46.3 Å². The molecule has 2 rings (SSSR count). The fraction of sp³-hybridized carbons (Fsp3) is 0.400. The number of nitrogens with zero attached hydrogens (tertiary/aromatic N) is 3. The number of rotatable bonds is 4. The highest BCUT2D eigenvalue weighted by molar-refractivity contribution is 5.16. The first-order valence-corrected chi connectivity index (χ1v) is 4.60. The molecule has 1 heterocycles. The summed E-state index contributed by atoms with van der Waals surface area (Å²) in [5.41, 5.74) is 9.58. The van der Waals surface area contributed by atoms with Crippen LogP contribution in [-0.4, -0.2) is 18.8 Å². The lowest BCUT2D eigenvalue weighted by atomic mass is 10.0. The summed E-state index contributed by atoms with van der Waals surface area (Å²) < 4.78 is 5.13. The number of epoxide rings is 1. The van der Waals surface area contributed by atoms with Crippen LogP contribution in [0.3, 0.4) is 0 Å². The van der Waals surface area contributed by atoms with Gasteiger partial charge in [0.2, 0.25) is 0 Å². The smallest absolute Gasteiger partial charge is 0.0897 e. The number of hydrogen-bond donors (Lipinski definition) is 0. The second-order valence-electron chi connectivity index (χ2n) is 3.33. The molecule has 4 heteroatoms. The van der Waals surface area contributed by atoms with Gasteiger partial charge in [0.25, 0.3) is 0 Å². The molecule has 0 saturated carbocycles. The van der Waals surface area contributed by atoms with Crippen molar-refractivity contribution in [1.82, 2.24) is 0 Å². The molecule has 1 saturated heterocycles. The molecule has 14 heavy (non-hydrogen) atoms. The zero-order valence-electron chi connectivity index (χ0n) is 7.71. The first kappa shape index (κ1) is 9.06. The number of benzene rings is 1. The highest BCUT2D eigenvalue weighted by atomic mass is 16.6. The predicted octanol–water partition coefficient (Wildman–Crippen LogP) is 2.31. The van der Waals surface area contributed by atoms with E-state index in [9.17, 15) is 0 Å². The van der Waals surface area contributed by atoms with Gasteiger partial charge in [-0.15, -0.1) is 0 Å². The Morgan fingerprint density at radius 1 is 1.50 bits per heavy atom. The van der Waals surface area contributed by atoms with Crippen molar-refractivity contribution in [1.29, 1.82) is 0 Å². The molecule has 0 aliphatic carbocycles. The van der Waals surface area contributed by atoms with E-state index in [4.69, 9.17) is 10.3 Å². The minimum Gasteiger partial charge on any atom is -0.373 e. The average Bonchev–Trinajstić information content (AvgIpc) is 3.02. The summed E-state index contributed by atoms with van der Waals surface area (Å²) in [5.74, 6) is 0. The van der Waals surface area contributed by atoms with E-state index >= 15 is 0 Å². The molecule has 1 aliphatic heterocycles. The van der Waals surface area contributed by atoms with Gasteiger partial charge in [0.05, 0.1) is 18.8 Å². The van der Waals surface area contributed by atoms with E-state index in [1.165, 1.54) is 5.56 Å². The zero-order valence-corrected chi connectivity index (χ0v) is 7.71. The maximum absolute atomic E-state index is 8.39. The highest BCUT2D eigenvalue weighted by Crippen LogP contribution is 2.20. The molecule has 0 N–H and O–H groups in total. The number of azide groups is 1. The Kier molecular flexibility index (Phi) is 2.68. The second-order valence-corrected chi connectivity index (χ2v) is 3.33. The SMILES string of the molecule is [N-]=[N+]=NC(Cc1ccccc1)[C@H]1CO1. The maximum atomic E-state index is 8.39. The Hall–Kier alpha value is -1.51. The molecule has 1 aromatic carbocycles. The van der Waals surface area contributed by atoms with Crippen LogP contribution in [0.1, 0.15) is 5.56 Å². The summed E-state index contributed by atoms with van der Waals surface area (Å²) in [6, 6.07) is 9.94. The van der Waals surface area contributed by atoms with Crippen molar-refractivity contribution < 1.29 is 4.74 Å². The molecular formula is C10H11N3O. The van der Waals surface area contributed by atoms with Crippen LogP contribution >= 0.6 is 0 Å². The first-order chi connectivity index (χ1) is 6.90. The van der Waals surface area contributed by atoms with Gasteiger partial charge >= 0.3 is 0 Å². The van der Waals surface area contributed by atoms with Gasteiger partial charge in [-0.2, -0.15) is 0 Å². The monoisotopic (exact) mass is 189 g/mol. The van der Waals surface area contributed by atoms with E-state index in [0.29, 0.717) is 0 Å². The van der Waals surface area contributed by atoms with Gasteiger partial charge in [-0.3, -0.25) is 0 Å². The topological polar surface area (TPSA) is 61.3 Å². The third kappa shape index (κ3) is 2.25. The Morgan fingerprint density at radius 3 is 2.79 bits per heavy atom. The normalized spacial score (nSPS) is 21.0. The lowest BCUT2D eigenvalue weighted by molar-refractivity contribution is 0.371. The molecule has 1 unspecified atom stereocenters. The van der Waals surface area contributed by atoms with Crippen LogP contribution in [0, 0.1) is 0 Å². The number of ether oxygens (including phenoxy) is 1. The van der Waals surface area contributed by atoms with Gasteiger partial charge < -0.3 is 4.74 Å². The molecule has 2 atom stereocenters. The van der Waals surface area contributed by atoms with E-state index in [2.05, 4.69) is 10.0 Å². The maximum Gasteiger partial charge on any atom is 0.0897 e. The van der Waals surface area contributed by atoms with Crippen LogP contribution in [-0.2, 0) is 11.2 Å². The predicted molar refractivity (Wildman–Crippen MR) is 52.8 cm³/mol. The molecule has 0 radical (unpaired) electrons. The summed E-state index contributed by atoms with van der Waals surface area (Å²) in [7, 11) is 0. The van der Waals surface area contributed by atoms with Gasteiger partial charge in [-0.25, -0.2) is 0 Å². The summed E-state index contributed by atoms with van der Waals surface area (Å²) in [4.78, 5) is 2.84. The third-order valence-electron chi connectivity index (χ3n) is 2.28.